The molecule has 2 heterocycles. The average Bonchev–Trinajstić information content (AvgIpc) is 3.05. The Morgan fingerprint density at radius 1 is 1.17 bits per heavy atom. The lowest BCUT2D eigenvalue weighted by atomic mass is 10.1. The molecule has 8 nitrogen and oxygen atoms in total. The zero-order valence-electron chi connectivity index (χ0n) is 14.8. The fourth-order valence-electron chi connectivity index (χ4n) is 2.55. The summed E-state index contributed by atoms with van der Waals surface area (Å²) in [4.78, 5) is 20.1. The summed E-state index contributed by atoms with van der Waals surface area (Å²) in [6, 6.07) is 1.55. The first kappa shape index (κ1) is 21.3. The molecular weight excluding hydrogens is 415 g/mol. The van der Waals surface area contributed by atoms with Gasteiger partial charge in [0, 0.05) is 35.3 Å². The zero-order chi connectivity index (χ0) is 22.1. The van der Waals surface area contributed by atoms with Crippen LogP contribution in [0.15, 0.2) is 48.0 Å². The summed E-state index contributed by atoms with van der Waals surface area (Å²) < 4.78 is 66.6. The fraction of sp³-hybridized carbons (Fsp3) is 0.176. The number of aromatic nitrogens is 5. The first-order valence-corrected chi connectivity index (χ1v) is 8.15. The molecule has 0 amide bonds. The maximum absolute atomic E-state index is 13.1. The standard InChI is InChI=1S/C17H13F5N6O2/c18-14(19)9-1-11(17(20,21)22)3-12(2-9)28-16(30)27(8-26-28)6-13(15(23)29)10-4-24-7-25-5-10/h1-8,14-15,29H,23H2/b13-6+. The Hall–Kier alpha value is -3.45. The third-order valence-electron chi connectivity index (χ3n) is 3.95. The van der Waals surface area contributed by atoms with E-state index in [0.29, 0.717) is 16.8 Å². The first-order valence-electron chi connectivity index (χ1n) is 8.15. The van der Waals surface area contributed by atoms with Gasteiger partial charge in [-0.1, -0.05) is 0 Å². The highest BCUT2D eigenvalue weighted by Gasteiger charge is 2.32. The van der Waals surface area contributed by atoms with Crippen molar-refractivity contribution in [2.75, 3.05) is 0 Å². The Kier molecular flexibility index (Phi) is 5.75. The van der Waals surface area contributed by atoms with E-state index in [0.717, 1.165) is 23.2 Å². The van der Waals surface area contributed by atoms with Gasteiger partial charge in [-0.25, -0.2) is 23.5 Å². The smallest absolute Gasteiger partial charge is 0.374 e. The summed E-state index contributed by atoms with van der Waals surface area (Å²) in [5, 5.41) is 13.4. The molecular formula is C17H13F5N6O2. The maximum Gasteiger partial charge on any atom is 0.416 e. The Morgan fingerprint density at radius 2 is 1.83 bits per heavy atom. The number of benzene rings is 1. The lowest BCUT2D eigenvalue weighted by Gasteiger charge is -2.11. The van der Waals surface area contributed by atoms with Crippen LogP contribution in [0, 0.1) is 0 Å². The van der Waals surface area contributed by atoms with Crippen LogP contribution < -0.4 is 11.4 Å². The predicted molar refractivity (Wildman–Crippen MR) is 94.2 cm³/mol. The van der Waals surface area contributed by atoms with E-state index in [1.807, 2.05) is 0 Å². The van der Waals surface area contributed by atoms with Gasteiger partial charge >= 0.3 is 11.9 Å². The number of hydrogen-bond donors (Lipinski definition) is 2. The molecule has 1 unspecified atom stereocenters. The molecule has 0 saturated heterocycles. The average molecular weight is 428 g/mol. The summed E-state index contributed by atoms with van der Waals surface area (Å²) in [5.74, 6) is 0. The topological polar surface area (TPSA) is 112 Å². The van der Waals surface area contributed by atoms with Gasteiger partial charge in [0.1, 0.15) is 18.9 Å². The van der Waals surface area contributed by atoms with Crippen LogP contribution in [0.2, 0.25) is 0 Å². The summed E-state index contributed by atoms with van der Waals surface area (Å²) in [6.45, 7) is 0. The van der Waals surface area contributed by atoms with Crippen molar-refractivity contribution in [1.82, 2.24) is 24.3 Å². The number of hydrogen-bond acceptors (Lipinski definition) is 6. The van der Waals surface area contributed by atoms with Crippen LogP contribution in [0.25, 0.3) is 17.5 Å². The van der Waals surface area contributed by atoms with Gasteiger partial charge in [-0.15, -0.1) is 0 Å². The molecule has 0 aliphatic carbocycles. The van der Waals surface area contributed by atoms with Crippen molar-refractivity contribution in [3.8, 4) is 5.69 Å². The van der Waals surface area contributed by atoms with Gasteiger partial charge in [0.25, 0.3) is 6.43 Å². The second kappa shape index (κ2) is 8.12. The Labute approximate surface area is 164 Å². The van der Waals surface area contributed by atoms with Gasteiger partial charge in [-0.3, -0.25) is 4.57 Å². The Morgan fingerprint density at radius 3 is 2.40 bits per heavy atom. The SMILES string of the molecule is NC(O)/C(=C/n1cnn(-c2cc(C(F)F)cc(C(F)(F)F)c2)c1=O)c1cncnc1. The molecule has 30 heavy (non-hydrogen) atoms. The molecule has 0 fully saturated rings. The summed E-state index contributed by atoms with van der Waals surface area (Å²) >= 11 is 0. The quantitative estimate of drug-likeness (QED) is 0.475. The Bertz CT molecular complexity index is 1120. The molecule has 3 rings (SSSR count). The number of nitrogens with zero attached hydrogens (tertiary/aromatic N) is 5. The molecule has 1 aromatic carbocycles. The number of rotatable bonds is 5. The van der Waals surface area contributed by atoms with Gasteiger partial charge in [-0.05, 0) is 18.2 Å². The second-order valence-corrected chi connectivity index (χ2v) is 6.00. The van der Waals surface area contributed by atoms with Gasteiger partial charge in [-0.2, -0.15) is 23.0 Å². The molecule has 3 aromatic rings. The van der Waals surface area contributed by atoms with E-state index in [9.17, 15) is 31.9 Å². The van der Waals surface area contributed by atoms with E-state index in [1.54, 1.807) is 0 Å². The highest BCUT2D eigenvalue weighted by Crippen LogP contribution is 2.33. The lowest BCUT2D eigenvalue weighted by molar-refractivity contribution is -0.137. The third kappa shape index (κ3) is 4.41. The monoisotopic (exact) mass is 428 g/mol. The van der Waals surface area contributed by atoms with Crippen LogP contribution in [0.3, 0.4) is 0 Å². The number of aliphatic hydroxyl groups is 1. The lowest BCUT2D eigenvalue weighted by Crippen LogP contribution is -2.25. The summed E-state index contributed by atoms with van der Waals surface area (Å²) in [5.41, 5.74) is 2.00. The van der Waals surface area contributed by atoms with Crippen molar-refractivity contribution in [2.24, 2.45) is 5.73 Å². The van der Waals surface area contributed by atoms with Crippen molar-refractivity contribution >= 4 is 11.8 Å². The van der Waals surface area contributed by atoms with Gasteiger partial charge in [0.2, 0.25) is 0 Å². The zero-order valence-corrected chi connectivity index (χ0v) is 14.8. The van der Waals surface area contributed by atoms with Crippen LogP contribution in [-0.4, -0.2) is 35.6 Å². The van der Waals surface area contributed by atoms with Crippen LogP contribution >= 0.6 is 0 Å². The van der Waals surface area contributed by atoms with E-state index < -0.39 is 41.3 Å². The number of nitrogens with two attached hydrogens (primary N) is 1. The van der Waals surface area contributed by atoms with Gasteiger partial charge < -0.3 is 10.8 Å². The van der Waals surface area contributed by atoms with Crippen LogP contribution in [0.1, 0.15) is 23.1 Å². The molecule has 2 aromatic heterocycles. The minimum atomic E-state index is -4.91. The molecule has 1 atom stereocenters. The van der Waals surface area contributed by atoms with E-state index in [2.05, 4.69) is 15.1 Å². The highest BCUT2D eigenvalue weighted by molar-refractivity contribution is 5.76. The summed E-state index contributed by atoms with van der Waals surface area (Å²) in [6.07, 6.45) is -3.80. The van der Waals surface area contributed by atoms with Crippen molar-refractivity contribution in [1.29, 1.82) is 0 Å². The first-order chi connectivity index (χ1) is 14.1. The van der Waals surface area contributed by atoms with Crippen LogP contribution in [-0.2, 0) is 6.18 Å². The molecule has 0 aliphatic rings. The highest BCUT2D eigenvalue weighted by atomic mass is 19.4. The largest absolute Gasteiger partial charge is 0.416 e. The minimum absolute atomic E-state index is 0.00885. The predicted octanol–water partition coefficient (Wildman–Crippen LogP) is 2.06. The minimum Gasteiger partial charge on any atom is -0.374 e. The molecule has 158 valence electrons. The Balaban J connectivity index is 2.12. The van der Waals surface area contributed by atoms with E-state index in [1.165, 1.54) is 18.7 Å². The van der Waals surface area contributed by atoms with Gasteiger partial charge in [0.05, 0.1) is 11.3 Å². The molecule has 3 N–H and O–H groups in total. The maximum atomic E-state index is 13.1. The number of aliphatic hydroxyl groups excluding tert-OH is 1. The third-order valence-corrected chi connectivity index (χ3v) is 3.95. The molecule has 0 radical (unpaired) electrons. The van der Waals surface area contributed by atoms with Crippen LogP contribution in [0.4, 0.5) is 22.0 Å². The molecule has 0 saturated carbocycles. The molecule has 0 spiro atoms. The summed E-state index contributed by atoms with van der Waals surface area (Å²) in [7, 11) is 0. The van der Waals surface area contributed by atoms with Crippen LogP contribution in [0.5, 0.6) is 0 Å². The van der Waals surface area contributed by atoms with E-state index in [-0.39, 0.29) is 11.1 Å². The fourth-order valence-corrected chi connectivity index (χ4v) is 2.55. The number of alkyl halides is 5. The van der Waals surface area contributed by atoms with E-state index >= 15 is 0 Å². The second-order valence-electron chi connectivity index (χ2n) is 6.00. The molecule has 13 heteroatoms. The molecule has 0 aliphatic heterocycles. The van der Waals surface area contributed by atoms with Crippen molar-refractivity contribution < 1.29 is 27.1 Å². The normalized spacial score (nSPS) is 13.7. The number of halogens is 5. The van der Waals surface area contributed by atoms with Crippen molar-refractivity contribution in [3.63, 3.8) is 0 Å². The van der Waals surface area contributed by atoms with Crippen molar-refractivity contribution in [2.45, 2.75) is 18.8 Å². The van der Waals surface area contributed by atoms with Crippen molar-refractivity contribution in [3.05, 3.63) is 70.4 Å². The van der Waals surface area contributed by atoms with Gasteiger partial charge in [0.15, 0.2) is 0 Å². The van der Waals surface area contributed by atoms with E-state index in [4.69, 9.17) is 5.73 Å². The molecule has 0 bridgehead atoms.